The molecule has 1 amide bonds. The standard InChI is InChI=1S/C14H12ClFN2O2/c1-18-8-10(3-5-13(18)19)14(20)17-7-9-2-4-11(15)12(16)6-9/h2-6,8H,7H2,1H3,(H,17,20). The Morgan fingerprint density at radius 1 is 1.35 bits per heavy atom. The van der Waals surface area contributed by atoms with Crippen LogP contribution in [0.15, 0.2) is 41.3 Å². The molecule has 4 nitrogen and oxygen atoms in total. The first-order chi connectivity index (χ1) is 9.47. The summed E-state index contributed by atoms with van der Waals surface area (Å²) in [5.41, 5.74) is 0.771. The summed E-state index contributed by atoms with van der Waals surface area (Å²) in [6, 6.07) is 7.09. The molecule has 1 aromatic carbocycles. The Kier molecular flexibility index (Phi) is 4.20. The molecule has 0 aliphatic heterocycles. The van der Waals surface area contributed by atoms with Crippen molar-refractivity contribution in [3.8, 4) is 0 Å². The fourth-order valence-electron chi connectivity index (χ4n) is 1.66. The Hall–Kier alpha value is -2.14. The van der Waals surface area contributed by atoms with E-state index >= 15 is 0 Å². The van der Waals surface area contributed by atoms with Gasteiger partial charge in [0.1, 0.15) is 5.82 Å². The van der Waals surface area contributed by atoms with E-state index in [0.29, 0.717) is 11.1 Å². The molecule has 104 valence electrons. The molecule has 0 saturated heterocycles. The van der Waals surface area contributed by atoms with E-state index in [4.69, 9.17) is 11.6 Å². The van der Waals surface area contributed by atoms with E-state index in [1.165, 1.54) is 35.0 Å². The number of carbonyl (C=O) groups excluding carboxylic acids is 1. The van der Waals surface area contributed by atoms with Crippen LogP contribution in [0.3, 0.4) is 0 Å². The molecule has 1 N–H and O–H groups in total. The van der Waals surface area contributed by atoms with Gasteiger partial charge in [0.25, 0.3) is 5.91 Å². The maximum Gasteiger partial charge on any atom is 0.253 e. The average Bonchev–Trinajstić information content (AvgIpc) is 2.43. The highest BCUT2D eigenvalue weighted by Crippen LogP contribution is 2.15. The highest BCUT2D eigenvalue weighted by atomic mass is 35.5. The lowest BCUT2D eigenvalue weighted by atomic mass is 10.2. The molecular weight excluding hydrogens is 283 g/mol. The average molecular weight is 295 g/mol. The summed E-state index contributed by atoms with van der Waals surface area (Å²) < 4.78 is 14.6. The van der Waals surface area contributed by atoms with Gasteiger partial charge in [0, 0.05) is 25.9 Å². The fourth-order valence-corrected chi connectivity index (χ4v) is 1.78. The molecule has 0 aliphatic rings. The fraction of sp³-hybridized carbons (Fsp3) is 0.143. The number of hydrogen-bond donors (Lipinski definition) is 1. The van der Waals surface area contributed by atoms with Crippen molar-refractivity contribution in [3.63, 3.8) is 0 Å². The number of benzene rings is 1. The Morgan fingerprint density at radius 3 is 2.75 bits per heavy atom. The van der Waals surface area contributed by atoms with Crippen LogP contribution in [0, 0.1) is 5.82 Å². The molecule has 1 aromatic heterocycles. The van der Waals surface area contributed by atoms with Crippen LogP contribution in [-0.4, -0.2) is 10.5 Å². The quantitative estimate of drug-likeness (QED) is 0.942. The zero-order valence-electron chi connectivity index (χ0n) is 10.7. The third kappa shape index (κ3) is 3.24. The van der Waals surface area contributed by atoms with E-state index in [1.807, 2.05) is 0 Å². The first-order valence-electron chi connectivity index (χ1n) is 5.86. The Morgan fingerprint density at radius 2 is 2.10 bits per heavy atom. The predicted octanol–water partition coefficient (Wildman–Crippen LogP) is 2.11. The normalized spacial score (nSPS) is 10.3. The number of amides is 1. The van der Waals surface area contributed by atoms with Crippen molar-refractivity contribution in [2.24, 2.45) is 7.05 Å². The van der Waals surface area contributed by atoms with Crippen LogP contribution < -0.4 is 10.9 Å². The number of rotatable bonds is 3. The first kappa shape index (κ1) is 14.3. The minimum Gasteiger partial charge on any atom is -0.348 e. The summed E-state index contributed by atoms with van der Waals surface area (Å²) in [5.74, 6) is -0.864. The van der Waals surface area contributed by atoms with Gasteiger partial charge in [-0.1, -0.05) is 17.7 Å². The van der Waals surface area contributed by atoms with Gasteiger partial charge in [0.15, 0.2) is 0 Å². The third-order valence-electron chi connectivity index (χ3n) is 2.79. The molecule has 2 rings (SSSR count). The molecule has 20 heavy (non-hydrogen) atoms. The molecule has 0 aliphatic carbocycles. The number of aryl methyl sites for hydroxylation is 1. The van der Waals surface area contributed by atoms with Crippen LogP contribution in [0.2, 0.25) is 5.02 Å². The van der Waals surface area contributed by atoms with E-state index in [2.05, 4.69) is 5.32 Å². The number of halogens is 2. The highest BCUT2D eigenvalue weighted by Gasteiger charge is 2.07. The van der Waals surface area contributed by atoms with Crippen LogP contribution >= 0.6 is 11.6 Å². The van der Waals surface area contributed by atoms with Gasteiger partial charge < -0.3 is 9.88 Å². The molecule has 2 aromatic rings. The second-order valence-corrected chi connectivity index (χ2v) is 4.71. The Labute approximate surface area is 119 Å². The van der Waals surface area contributed by atoms with Crippen molar-refractivity contribution >= 4 is 17.5 Å². The molecule has 6 heteroatoms. The van der Waals surface area contributed by atoms with Crippen LogP contribution in [-0.2, 0) is 13.6 Å². The molecule has 0 spiro atoms. The lowest BCUT2D eigenvalue weighted by Gasteiger charge is -2.07. The van der Waals surface area contributed by atoms with Crippen molar-refractivity contribution in [3.05, 3.63) is 68.8 Å². The second kappa shape index (κ2) is 5.88. The van der Waals surface area contributed by atoms with Gasteiger partial charge >= 0.3 is 0 Å². The van der Waals surface area contributed by atoms with Gasteiger partial charge in [0.2, 0.25) is 5.56 Å². The van der Waals surface area contributed by atoms with Crippen LogP contribution in [0.5, 0.6) is 0 Å². The number of pyridine rings is 1. The first-order valence-corrected chi connectivity index (χ1v) is 6.24. The summed E-state index contributed by atoms with van der Waals surface area (Å²) in [4.78, 5) is 23.1. The lowest BCUT2D eigenvalue weighted by molar-refractivity contribution is 0.0950. The maximum absolute atomic E-state index is 13.2. The number of carbonyl (C=O) groups is 1. The van der Waals surface area contributed by atoms with E-state index < -0.39 is 5.82 Å². The third-order valence-corrected chi connectivity index (χ3v) is 3.09. The van der Waals surface area contributed by atoms with E-state index in [0.717, 1.165) is 0 Å². The maximum atomic E-state index is 13.2. The highest BCUT2D eigenvalue weighted by molar-refractivity contribution is 6.30. The minimum absolute atomic E-state index is 0.0399. The summed E-state index contributed by atoms with van der Waals surface area (Å²) in [6.45, 7) is 0.176. The van der Waals surface area contributed by atoms with Crippen LogP contribution in [0.1, 0.15) is 15.9 Å². The monoisotopic (exact) mass is 294 g/mol. The summed E-state index contributed by atoms with van der Waals surface area (Å²) in [6.07, 6.45) is 1.44. The molecule has 1 heterocycles. The van der Waals surface area contributed by atoms with Crippen molar-refractivity contribution in [2.75, 3.05) is 0 Å². The van der Waals surface area contributed by atoms with Gasteiger partial charge in [0.05, 0.1) is 10.6 Å². The molecule has 0 unspecified atom stereocenters. The minimum atomic E-state index is -0.527. The van der Waals surface area contributed by atoms with Gasteiger partial charge in [-0.2, -0.15) is 0 Å². The SMILES string of the molecule is Cn1cc(C(=O)NCc2ccc(Cl)c(F)c2)ccc1=O. The van der Waals surface area contributed by atoms with Crippen LogP contribution in [0.4, 0.5) is 4.39 Å². The number of nitrogens with zero attached hydrogens (tertiary/aromatic N) is 1. The van der Waals surface area contributed by atoms with Gasteiger partial charge in [-0.25, -0.2) is 4.39 Å². The smallest absolute Gasteiger partial charge is 0.253 e. The number of hydrogen-bond acceptors (Lipinski definition) is 2. The van der Waals surface area contributed by atoms with Gasteiger partial charge in [-0.15, -0.1) is 0 Å². The molecule has 0 saturated carbocycles. The van der Waals surface area contributed by atoms with Gasteiger partial charge in [-0.05, 0) is 23.8 Å². The topological polar surface area (TPSA) is 51.1 Å². The second-order valence-electron chi connectivity index (χ2n) is 4.30. The van der Waals surface area contributed by atoms with E-state index in [9.17, 15) is 14.0 Å². The summed E-state index contributed by atoms with van der Waals surface area (Å²) >= 11 is 5.58. The Bertz CT molecular complexity index is 713. The van der Waals surface area contributed by atoms with E-state index in [-0.39, 0.29) is 23.0 Å². The summed E-state index contributed by atoms with van der Waals surface area (Å²) in [7, 11) is 1.56. The zero-order chi connectivity index (χ0) is 14.7. The number of nitrogens with one attached hydrogen (secondary N) is 1. The lowest BCUT2D eigenvalue weighted by Crippen LogP contribution is -2.25. The van der Waals surface area contributed by atoms with E-state index in [1.54, 1.807) is 13.1 Å². The van der Waals surface area contributed by atoms with Crippen LogP contribution in [0.25, 0.3) is 0 Å². The van der Waals surface area contributed by atoms with Gasteiger partial charge in [-0.3, -0.25) is 9.59 Å². The largest absolute Gasteiger partial charge is 0.348 e. The molecular formula is C14H12ClFN2O2. The van der Waals surface area contributed by atoms with Crippen molar-refractivity contribution in [2.45, 2.75) is 6.54 Å². The summed E-state index contributed by atoms with van der Waals surface area (Å²) in [5, 5.41) is 2.68. The van der Waals surface area contributed by atoms with Crippen molar-refractivity contribution in [1.29, 1.82) is 0 Å². The molecule has 0 bridgehead atoms. The van der Waals surface area contributed by atoms with Crippen molar-refractivity contribution in [1.82, 2.24) is 9.88 Å². The Balaban J connectivity index is 2.06. The molecule has 0 fully saturated rings. The molecule has 0 atom stereocenters. The zero-order valence-corrected chi connectivity index (χ0v) is 11.4. The van der Waals surface area contributed by atoms with Crippen molar-refractivity contribution < 1.29 is 9.18 Å². The predicted molar refractivity (Wildman–Crippen MR) is 74.3 cm³/mol. The number of aromatic nitrogens is 1. The molecule has 0 radical (unpaired) electrons.